The average molecular weight is 188 g/mol. The summed E-state index contributed by atoms with van der Waals surface area (Å²) < 4.78 is 2.76. The van der Waals surface area contributed by atoms with E-state index in [0.717, 1.165) is 0 Å². The lowest BCUT2D eigenvalue weighted by molar-refractivity contribution is 0.604. The Morgan fingerprint density at radius 2 is 2.36 bits per heavy atom. The van der Waals surface area contributed by atoms with Crippen molar-refractivity contribution in [3.05, 3.63) is 34.9 Å². The maximum Gasteiger partial charge on any atom is 0.350 e. The molecule has 0 aromatic carbocycles. The molecule has 0 aliphatic carbocycles. The first-order valence-electron chi connectivity index (χ1n) is 4.24. The van der Waals surface area contributed by atoms with Crippen molar-refractivity contribution in [1.82, 2.24) is 14.2 Å². The molecule has 0 radical (unpaired) electrons. The van der Waals surface area contributed by atoms with Crippen LogP contribution < -0.4 is 5.69 Å². The number of nitrogens with zero attached hydrogens (tertiary/aromatic N) is 4. The van der Waals surface area contributed by atoms with E-state index in [4.69, 9.17) is 5.26 Å². The van der Waals surface area contributed by atoms with Crippen molar-refractivity contribution in [2.75, 3.05) is 0 Å². The maximum atomic E-state index is 11.6. The second-order valence-electron chi connectivity index (χ2n) is 2.84. The van der Waals surface area contributed by atoms with Gasteiger partial charge in [0.2, 0.25) is 0 Å². The molecule has 0 atom stereocenters. The largest absolute Gasteiger partial charge is 0.350 e. The standard InChI is InChI=1S/C9H8N4O/c10-5-3-7-13-9(14)12-6-2-1-4-8(12)11-13/h1-2,4,6H,3,7H2. The molecule has 0 spiro atoms. The van der Waals surface area contributed by atoms with Gasteiger partial charge in [-0.15, -0.1) is 5.10 Å². The minimum Gasteiger partial charge on any atom is -0.250 e. The highest BCUT2D eigenvalue weighted by atomic mass is 16.2. The van der Waals surface area contributed by atoms with Crippen molar-refractivity contribution in [3.63, 3.8) is 0 Å². The fraction of sp³-hybridized carbons (Fsp3) is 0.222. The molecule has 0 N–H and O–H groups in total. The van der Waals surface area contributed by atoms with Gasteiger partial charge in [-0.2, -0.15) is 5.26 Å². The molecule has 0 fully saturated rings. The van der Waals surface area contributed by atoms with Gasteiger partial charge < -0.3 is 0 Å². The fourth-order valence-corrected chi connectivity index (χ4v) is 1.27. The van der Waals surface area contributed by atoms with Crippen LogP contribution in [-0.4, -0.2) is 14.2 Å². The van der Waals surface area contributed by atoms with E-state index in [1.54, 1.807) is 18.3 Å². The summed E-state index contributed by atoms with van der Waals surface area (Å²) in [5, 5.41) is 12.5. The number of nitriles is 1. The zero-order valence-electron chi connectivity index (χ0n) is 7.42. The monoisotopic (exact) mass is 188 g/mol. The molecule has 0 saturated heterocycles. The van der Waals surface area contributed by atoms with Crippen LogP contribution in [-0.2, 0) is 6.54 Å². The summed E-state index contributed by atoms with van der Waals surface area (Å²) in [5.41, 5.74) is 0.409. The SMILES string of the molecule is N#CCCn1nc2ccccn2c1=O. The average Bonchev–Trinajstić information content (AvgIpc) is 2.54. The molecule has 2 aromatic rings. The zero-order chi connectivity index (χ0) is 9.97. The lowest BCUT2D eigenvalue weighted by atomic mass is 10.5. The highest BCUT2D eigenvalue weighted by Gasteiger charge is 2.03. The van der Waals surface area contributed by atoms with Gasteiger partial charge in [0.1, 0.15) is 0 Å². The summed E-state index contributed by atoms with van der Waals surface area (Å²) in [6.45, 7) is 0.344. The van der Waals surface area contributed by atoms with Crippen molar-refractivity contribution in [2.24, 2.45) is 0 Å². The molecule has 2 heterocycles. The van der Waals surface area contributed by atoms with E-state index < -0.39 is 0 Å². The van der Waals surface area contributed by atoms with E-state index in [1.807, 2.05) is 12.1 Å². The number of aromatic nitrogens is 3. The predicted octanol–water partition coefficient (Wildman–Crippen LogP) is 0.410. The summed E-state index contributed by atoms with van der Waals surface area (Å²) in [6.07, 6.45) is 1.96. The highest BCUT2D eigenvalue weighted by molar-refractivity contribution is 5.35. The van der Waals surface area contributed by atoms with Crippen LogP contribution in [0.2, 0.25) is 0 Å². The third kappa shape index (κ3) is 1.27. The Hall–Kier alpha value is -2.09. The van der Waals surface area contributed by atoms with Gasteiger partial charge in [0.15, 0.2) is 5.65 Å². The van der Waals surface area contributed by atoms with Crippen LogP contribution in [0.4, 0.5) is 0 Å². The van der Waals surface area contributed by atoms with E-state index in [0.29, 0.717) is 18.6 Å². The molecule has 5 heteroatoms. The lowest BCUT2D eigenvalue weighted by Crippen LogP contribution is -2.20. The van der Waals surface area contributed by atoms with Gasteiger partial charge in [0.25, 0.3) is 0 Å². The molecule has 0 aliphatic heterocycles. The zero-order valence-corrected chi connectivity index (χ0v) is 7.42. The quantitative estimate of drug-likeness (QED) is 0.685. The topological polar surface area (TPSA) is 63.1 Å². The minimum atomic E-state index is -0.198. The van der Waals surface area contributed by atoms with Crippen LogP contribution in [0.25, 0.3) is 5.65 Å². The predicted molar refractivity (Wildman–Crippen MR) is 49.7 cm³/mol. The van der Waals surface area contributed by atoms with Gasteiger partial charge >= 0.3 is 5.69 Å². The molecular formula is C9H8N4O. The van der Waals surface area contributed by atoms with E-state index in [-0.39, 0.29) is 5.69 Å². The van der Waals surface area contributed by atoms with Gasteiger partial charge in [0.05, 0.1) is 19.0 Å². The Morgan fingerprint density at radius 3 is 3.07 bits per heavy atom. The first kappa shape index (κ1) is 8.51. The van der Waals surface area contributed by atoms with Crippen molar-refractivity contribution in [3.8, 4) is 6.07 Å². The smallest absolute Gasteiger partial charge is 0.250 e. The summed E-state index contributed by atoms with van der Waals surface area (Å²) in [7, 11) is 0. The second-order valence-corrected chi connectivity index (χ2v) is 2.84. The molecule has 70 valence electrons. The van der Waals surface area contributed by atoms with Crippen LogP contribution in [0.15, 0.2) is 29.2 Å². The Balaban J connectivity index is 2.53. The molecule has 0 aliphatic rings. The first-order chi connectivity index (χ1) is 6.83. The van der Waals surface area contributed by atoms with Gasteiger partial charge in [-0.3, -0.25) is 4.40 Å². The van der Waals surface area contributed by atoms with E-state index in [2.05, 4.69) is 5.10 Å². The maximum absolute atomic E-state index is 11.6. The van der Waals surface area contributed by atoms with Crippen molar-refractivity contribution in [1.29, 1.82) is 5.26 Å². The Labute approximate surface area is 79.8 Å². The number of pyridine rings is 1. The van der Waals surface area contributed by atoms with Crippen LogP contribution >= 0.6 is 0 Å². The molecule has 0 amide bonds. The molecular weight excluding hydrogens is 180 g/mol. The third-order valence-electron chi connectivity index (χ3n) is 1.92. The first-order valence-corrected chi connectivity index (χ1v) is 4.24. The van der Waals surface area contributed by atoms with E-state index in [9.17, 15) is 4.79 Å². The molecule has 0 unspecified atom stereocenters. The number of fused-ring (bicyclic) bond motifs is 1. The van der Waals surface area contributed by atoms with E-state index in [1.165, 1.54) is 9.08 Å². The van der Waals surface area contributed by atoms with Crippen LogP contribution in [0.1, 0.15) is 6.42 Å². The number of rotatable bonds is 2. The van der Waals surface area contributed by atoms with Gasteiger partial charge in [-0.05, 0) is 12.1 Å². The molecule has 14 heavy (non-hydrogen) atoms. The number of hydrogen-bond acceptors (Lipinski definition) is 3. The highest BCUT2D eigenvalue weighted by Crippen LogP contribution is 1.95. The Kier molecular flexibility index (Phi) is 2.03. The summed E-state index contributed by atoms with van der Waals surface area (Å²) in [4.78, 5) is 11.6. The summed E-state index contributed by atoms with van der Waals surface area (Å²) >= 11 is 0. The number of aryl methyl sites for hydroxylation is 1. The lowest BCUT2D eigenvalue weighted by Gasteiger charge is -1.89. The van der Waals surface area contributed by atoms with E-state index >= 15 is 0 Å². The Morgan fingerprint density at radius 1 is 1.50 bits per heavy atom. The second kappa shape index (κ2) is 3.34. The Bertz CT molecular complexity index is 546. The van der Waals surface area contributed by atoms with Crippen molar-refractivity contribution in [2.45, 2.75) is 13.0 Å². The molecule has 0 bridgehead atoms. The van der Waals surface area contributed by atoms with Gasteiger partial charge in [0, 0.05) is 6.20 Å². The third-order valence-corrected chi connectivity index (χ3v) is 1.92. The van der Waals surface area contributed by atoms with Crippen LogP contribution in [0.3, 0.4) is 0 Å². The van der Waals surface area contributed by atoms with Gasteiger partial charge in [-0.1, -0.05) is 6.07 Å². The van der Waals surface area contributed by atoms with Gasteiger partial charge in [-0.25, -0.2) is 9.48 Å². The molecule has 5 nitrogen and oxygen atoms in total. The van der Waals surface area contributed by atoms with Crippen molar-refractivity contribution >= 4 is 5.65 Å². The van der Waals surface area contributed by atoms with Crippen LogP contribution in [0, 0.1) is 11.3 Å². The fourth-order valence-electron chi connectivity index (χ4n) is 1.27. The molecule has 2 aromatic heterocycles. The normalized spacial score (nSPS) is 10.2. The molecule has 2 rings (SSSR count). The van der Waals surface area contributed by atoms with Crippen molar-refractivity contribution < 1.29 is 0 Å². The summed E-state index contributed by atoms with van der Waals surface area (Å²) in [6, 6.07) is 7.32. The summed E-state index contributed by atoms with van der Waals surface area (Å²) in [5.74, 6) is 0. The van der Waals surface area contributed by atoms with Crippen LogP contribution in [0.5, 0.6) is 0 Å². The molecule has 0 saturated carbocycles. The minimum absolute atomic E-state index is 0.198. The number of hydrogen-bond donors (Lipinski definition) is 0.